The molecule has 2 N–H and O–H groups in total. The number of hydrogen-bond acceptors (Lipinski definition) is 3. The van der Waals surface area contributed by atoms with E-state index in [2.05, 4.69) is 11.9 Å². The number of carbonyl (C=O) groups is 1. The smallest absolute Gasteiger partial charge is 0.227 e. The fourth-order valence-electron chi connectivity index (χ4n) is 3.07. The molecule has 0 spiro atoms. The second-order valence-corrected chi connectivity index (χ2v) is 6.23. The minimum atomic E-state index is -0.248. The Morgan fingerprint density at radius 3 is 2.67 bits per heavy atom. The van der Waals surface area contributed by atoms with Crippen molar-refractivity contribution in [3.63, 3.8) is 0 Å². The van der Waals surface area contributed by atoms with E-state index < -0.39 is 0 Å². The maximum absolute atomic E-state index is 12.7. The predicted octanol–water partition coefficient (Wildman–Crippen LogP) is 1.88. The first-order valence-corrected chi connectivity index (χ1v) is 7.76. The number of rotatable bonds is 4. The van der Waals surface area contributed by atoms with Crippen LogP contribution in [0.2, 0.25) is 0 Å². The molecule has 0 aromatic heterocycles. The van der Waals surface area contributed by atoms with Crippen molar-refractivity contribution in [3.8, 4) is 0 Å². The van der Waals surface area contributed by atoms with Gasteiger partial charge in [-0.2, -0.15) is 0 Å². The molecular formula is C17H27N3O. The monoisotopic (exact) mass is 289 g/mol. The maximum atomic E-state index is 12.7. The Balaban J connectivity index is 2.01. The van der Waals surface area contributed by atoms with Gasteiger partial charge in [0.25, 0.3) is 0 Å². The largest absolute Gasteiger partial charge is 0.341 e. The summed E-state index contributed by atoms with van der Waals surface area (Å²) in [5.74, 6) is -0.0590. The van der Waals surface area contributed by atoms with Crippen molar-refractivity contribution in [1.29, 1.82) is 0 Å². The highest BCUT2D eigenvalue weighted by atomic mass is 16.2. The van der Waals surface area contributed by atoms with E-state index in [0.29, 0.717) is 6.04 Å². The highest BCUT2D eigenvalue weighted by molar-refractivity contribution is 5.79. The van der Waals surface area contributed by atoms with Crippen LogP contribution in [0.1, 0.15) is 31.4 Å². The van der Waals surface area contributed by atoms with Gasteiger partial charge in [-0.15, -0.1) is 0 Å². The first-order valence-electron chi connectivity index (χ1n) is 7.76. The van der Waals surface area contributed by atoms with Crippen LogP contribution in [0, 0.1) is 5.92 Å². The number of benzene rings is 1. The van der Waals surface area contributed by atoms with Crippen molar-refractivity contribution >= 4 is 5.91 Å². The second kappa shape index (κ2) is 7.05. The van der Waals surface area contributed by atoms with E-state index in [9.17, 15) is 4.79 Å². The van der Waals surface area contributed by atoms with Crippen LogP contribution in [0.4, 0.5) is 0 Å². The summed E-state index contributed by atoms with van der Waals surface area (Å²) in [4.78, 5) is 16.9. The van der Waals surface area contributed by atoms with Crippen molar-refractivity contribution in [2.75, 3.05) is 27.2 Å². The minimum absolute atomic E-state index is 0.145. The highest BCUT2D eigenvalue weighted by Gasteiger charge is 2.30. The molecule has 1 aliphatic heterocycles. The average Bonchev–Trinajstić information content (AvgIpc) is 2.53. The Morgan fingerprint density at radius 2 is 2.05 bits per heavy atom. The van der Waals surface area contributed by atoms with E-state index in [1.165, 1.54) is 0 Å². The number of amides is 1. The Bertz CT molecular complexity index is 462. The number of nitrogens with two attached hydrogens (primary N) is 1. The standard InChI is InChI=1S/C17H27N3O/c1-13(16(18)14-8-5-4-6-9-14)17(21)20(3)15-10-7-11-19(2)12-15/h4-6,8-9,13,15-16H,7,10-12,18H2,1-3H3. The van der Waals surface area contributed by atoms with Crippen molar-refractivity contribution in [2.45, 2.75) is 31.8 Å². The maximum Gasteiger partial charge on any atom is 0.227 e. The molecule has 1 heterocycles. The molecule has 1 saturated heterocycles. The number of piperidine rings is 1. The lowest BCUT2D eigenvalue weighted by molar-refractivity contribution is -0.137. The fraction of sp³-hybridized carbons (Fsp3) is 0.588. The topological polar surface area (TPSA) is 49.6 Å². The summed E-state index contributed by atoms with van der Waals surface area (Å²) < 4.78 is 0. The average molecular weight is 289 g/mol. The molecule has 3 unspecified atom stereocenters. The van der Waals surface area contributed by atoms with Crippen molar-refractivity contribution in [2.24, 2.45) is 11.7 Å². The molecule has 21 heavy (non-hydrogen) atoms. The normalized spacial score (nSPS) is 22.6. The van der Waals surface area contributed by atoms with Gasteiger partial charge in [-0.3, -0.25) is 4.79 Å². The van der Waals surface area contributed by atoms with Gasteiger partial charge in [-0.05, 0) is 32.0 Å². The Morgan fingerprint density at radius 1 is 1.38 bits per heavy atom. The van der Waals surface area contributed by atoms with E-state index in [4.69, 9.17) is 5.73 Å². The molecule has 116 valence electrons. The lowest BCUT2D eigenvalue weighted by Crippen LogP contribution is -2.49. The first kappa shape index (κ1) is 16.0. The predicted molar refractivity (Wildman–Crippen MR) is 85.8 cm³/mol. The fourth-order valence-corrected chi connectivity index (χ4v) is 3.07. The summed E-state index contributed by atoms with van der Waals surface area (Å²) in [7, 11) is 4.03. The van der Waals surface area contributed by atoms with Crippen LogP contribution < -0.4 is 5.73 Å². The number of nitrogens with zero attached hydrogens (tertiary/aromatic N) is 2. The zero-order valence-corrected chi connectivity index (χ0v) is 13.3. The molecule has 0 bridgehead atoms. The zero-order chi connectivity index (χ0) is 15.4. The molecule has 1 aliphatic rings. The Hall–Kier alpha value is -1.39. The number of hydrogen-bond donors (Lipinski definition) is 1. The van der Waals surface area contributed by atoms with E-state index in [0.717, 1.165) is 31.5 Å². The lowest BCUT2D eigenvalue weighted by Gasteiger charge is -2.37. The molecule has 0 saturated carbocycles. The third-order valence-electron chi connectivity index (χ3n) is 4.61. The van der Waals surface area contributed by atoms with Gasteiger partial charge in [0.15, 0.2) is 0 Å². The third-order valence-corrected chi connectivity index (χ3v) is 4.61. The van der Waals surface area contributed by atoms with Gasteiger partial charge >= 0.3 is 0 Å². The van der Waals surface area contributed by atoms with Crippen LogP contribution in [-0.2, 0) is 4.79 Å². The SMILES string of the molecule is CC(C(=O)N(C)C1CCCN(C)C1)C(N)c1ccccc1. The molecule has 0 aliphatic carbocycles. The summed E-state index contributed by atoms with van der Waals surface area (Å²) in [6.45, 7) is 4.01. The Kier molecular flexibility index (Phi) is 5.37. The van der Waals surface area contributed by atoms with E-state index >= 15 is 0 Å². The van der Waals surface area contributed by atoms with Crippen molar-refractivity contribution in [3.05, 3.63) is 35.9 Å². The van der Waals surface area contributed by atoms with Gasteiger partial charge in [0.2, 0.25) is 5.91 Å². The van der Waals surface area contributed by atoms with Crippen LogP contribution in [0.15, 0.2) is 30.3 Å². The molecular weight excluding hydrogens is 262 g/mol. The van der Waals surface area contributed by atoms with Crippen LogP contribution in [-0.4, -0.2) is 48.9 Å². The molecule has 1 fully saturated rings. The second-order valence-electron chi connectivity index (χ2n) is 6.23. The van der Waals surface area contributed by atoms with E-state index in [-0.39, 0.29) is 17.9 Å². The van der Waals surface area contributed by atoms with E-state index in [1.807, 2.05) is 49.2 Å². The summed E-state index contributed by atoms with van der Waals surface area (Å²) in [5, 5.41) is 0. The summed E-state index contributed by atoms with van der Waals surface area (Å²) in [6, 6.07) is 9.93. The number of likely N-dealkylation sites (tertiary alicyclic amines) is 1. The molecule has 1 aromatic carbocycles. The molecule has 4 nitrogen and oxygen atoms in total. The highest BCUT2D eigenvalue weighted by Crippen LogP contribution is 2.23. The first-order chi connectivity index (χ1) is 10.0. The van der Waals surface area contributed by atoms with Gasteiger partial charge < -0.3 is 15.5 Å². The Labute approximate surface area is 127 Å². The van der Waals surface area contributed by atoms with Crippen molar-refractivity contribution in [1.82, 2.24) is 9.80 Å². The van der Waals surface area contributed by atoms with Gasteiger partial charge in [-0.1, -0.05) is 37.3 Å². The minimum Gasteiger partial charge on any atom is -0.341 e. The number of likely N-dealkylation sites (N-methyl/N-ethyl adjacent to an activating group) is 2. The lowest BCUT2D eigenvalue weighted by atomic mass is 9.93. The molecule has 1 amide bonds. The summed E-state index contributed by atoms with van der Waals surface area (Å²) in [5.41, 5.74) is 7.30. The van der Waals surface area contributed by atoms with Crippen LogP contribution in [0.5, 0.6) is 0 Å². The molecule has 0 radical (unpaired) electrons. The quantitative estimate of drug-likeness (QED) is 0.920. The number of carbonyl (C=O) groups excluding carboxylic acids is 1. The molecule has 3 atom stereocenters. The summed E-state index contributed by atoms with van der Waals surface area (Å²) in [6.07, 6.45) is 2.23. The van der Waals surface area contributed by atoms with Crippen molar-refractivity contribution < 1.29 is 4.79 Å². The van der Waals surface area contributed by atoms with Crippen LogP contribution >= 0.6 is 0 Å². The van der Waals surface area contributed by atoms with Gasteiger partial charge in [0.05, 0.1) is 5.92 Å². The summed E-state index contributed by atoms with van der Waals surface area (Å²) >= 11 is 0. The molecule has 2 rings (SSSR count). The van der Waals surface area contributed by atoms with Gasteiger partial charge in [0, 0.05) is 25.7 Å². The van der Waals surface area contributed by atoms with E-state index in [1.54, 1.807) is 0 Å². The van der Waals surface area contributed by atoms with Gasteiger partial charge in [0.1, 0.15) is 0 Å². The zero-order valence-electron chi connectivity index (χ0n) is 13.3. The van der Waals surface area contributed by atoms with Gasteiger partial charge in [-0.25, -0.2) is 0 Å². The van der Waals surface area contributed by atoms with Crippen LogP contribution in [0.3, 0.4) is 0 Å². The third kappa shape index (κ3) is 3.83. The molecule has 1 aromatic rings. The van der Waals surface area contributed by atoms with Crippen LogP contribution in [0.25, 0.3) is 0 Å². The molecule has 4 heteroatoms.